The maximum Gasteiger partial charge on any atom is 0.290 e. The highest BCUT2D eigenvalue weighted by Gasteiger charge is 2.44. The van der Waals surface area contributed by atoms with E-state index in [0.29, 0.717) is 22.9 Å². The van der Waals surface area contributed by atoms with Gasteiger partial charge in [0.15, 0.2) is 10.7 Å². The predicted octanol–water partition coefficient (Wildman–Crippen LogP) is 4.76. The van der Waals surface area contributed by atoms with Gasteiger partial charge < -0.3 is 14.9 Å². The second kappa shape index (κ2) is 8.65. The number of rotatable bonds is 6. The maximum absolute atomic E-state index is 13.9. The lowest BCUT2D eigenvalue weighted by molar-refractivity contribution is -0.129. The van der Waals surface area contributed by atoms with Crippen LogP contribution in [0.5, 0.6) is 0 Å². The van der Waals surface area contributed by atoms with Gasteiger partial charge in [0.05, 0.1) is 27.5 Å². The highest BCUT2D eigenvalue weighted by molar-refractivity contribution is 9.10. The number of nitrogens with zero attached hydrogens (tertiary/aromatic N) is 4. The molecular formula is C25H23BrN4O3S. The molecule has 0 saturated carbocycles. The third kappa shape index (κ3) is 3.64. The van der Waals surface area contributed by atoms with E-state index in [9.17, 15) is 14.7 Å². The topological polar surface area (TPSA) is 78.2 Å². The maximum atomic E-state index is 13.9. The molecule has 3 heterocycles. The fourth-order valence-electron chi connectivity index (χ4n) is 4.41. The largest absolute Gasteiger partial charge is 0.503 e. The Kier molecular flexibility index (Phi) is 5.79. The summed E-state index contributed by atoms with van der Waals surface area (Å²) < 4.78 is 2.85. The summed E-state index contributed by atoms with van der Waals surface area (Å²) in [6.45, 7) is 2.85. The zero-order valence-corrected chi connectivity index (χ0v) is 21.4. The van der Waals surface area contributed by atoms with Crippen molar-refractivity contribution in [2.45, 2.75) is 13.0 Å². The molecule has 0 fully saturated rings. The van der Waals surface area contributed by atoms with Crippen LogP contribution < -0.4 is 0 Å². The van der Waals surface area contributed by atoms with Crippen LogP contribution in [0, 0.1) is 6.92 Å². The zero-order chi connectivity index (χ0) is 24.1. The fraction of sp³-hybridized carbons (Fsp3) is 0.240. The standard InChI is InChI=1S/C25H23BrN4O3S/c1-14-23(34-25-27-17-6-4-5-7-18(17)30(14)25)21(31)19-20(15-8-10-16(26)11-9-15)29(13-12-28(2)3)24(33)22(19)32/h4-11,20,32H,12-13H2,1-3H3. The number of para-hydroxylation sites is 2. The van der Waals surface area contributed by atoms with Crippen LogP contribution in [0.25, 0.3) is 16.0 Å². The zero-order valence-electron chi connectivity index (χ0n) is 18.9. The number of carbonyl (C=O) groups is 2. The Morgan fingerprint density at radius 2 is 1.88 bits per heavy atom. The minimum atomic E-state index is -0.668. The first kappa shape index (κ1) is 22.8. The first-order valence-corrected chi connectivity index (χ1v) is 12.4. The van der Waals surface area contributed by atoms with Gasteiger partial charge in [0, 0.05) is 23.3 Å². The van der Waals surface area contributed by atoms with Gasteiger partial charge in [-0.3, -0.25) is 14.0 Å². The number of hydrogen-bond donors (Lipinski definition) is 1. The van der Waals surface area contributed by atoms with Crippen LogP contribution in [0.15, 0.2) is 64.3 Å². The molecule has 1 aliphatic rings. The van der Waals surface area contributed by atoms with Gasteiger partial charge in [-0.1, -0.05) is 51.5 Å². The average Bonchev–Trinajstić information content (AvgIpc) is 3.42. The van der Waals surface area contributed by atoms with Gasteiger partial charge >= 0.3 is 0 Å². The number of benzene rings is 2. The number of aryl methyl sites for hydroxylation is 1. The van der Waals surface area contributed by atoms with E-state index < -0.39 is 17.7 Å². The summed E-state index contributed by atoms with van der Waals surface area (Å²) in [7, 11) is 3.84. The first-order valence-electron chi connectivity index (χ1n) is 10.8. The summed E-state index contributed by atoms with van der Waals surface area (Å²) in [6, 6.07) is 14.6. The molecule has 1 aliphatic heterocycles. The Hall–Kier alpha value is -3.01. The number of likely N-dealkylation sites (N-methyl/N-ethyl adjacent to an activating group) is 1. The van der Waals surface area contributed by atoms with Crippen LogP contribution in [-0.2, 0) is 4.79 Å². The monoisotopic (exact) mass is 538 g/mol. The van der Waals surface area contributed by atoms with Gasteiger partial charge in [-0.25, -0.2) is 4.98 Å². The van der Waals surface area contributed by atoms with Crippen molar-refractivity contribution in [3.8, 4) is 0 Å². The minimum Gasteiger partial charge on any atom is -0.503 e. The third-order valence-electron chi connectivity index (χ3n) is 6.12. The number of Topliss-reactive ketones (excluding diaryl/α,β-unsaturated/α-hetero) is 1. The number of amides is 1. The van der Waals surface area contributed by atoms with Gasteiger partial charge in [0.1, 0.15) is 0 Å². The van der Waals surface area contributed by atoms with E-state index in [-0.39, 0.29) is 11.4 Å². The summed E-state index contributed by atoms with van der Waals surface area (Å²) >= 11 is 4.72. The highest BCUT2D eigenvalue weighted by Crippen LogP contribution is 2.41. The number of hydrogen-bond acceptors (Lipinski definition) is 6. The van der Waals surface area contributed by atoms with E-state index in [1.54, 1.807) is 4.90 Å². The van der Waals surface area contributed by atoms with Crippen molar-refractivity contribution >= 4 is 55.0 Å². The van der Waals surface area contributed by atoms with Crippen molar-refractivity contribution in [2.24, 2.45) is 0 Å². The van der Waals surface area contributed by atoms with Gasteiger partial charge in [-0.05, 0) is 50.8 Å². The molecule has 1 unspecified atom stereocenters. The Labute approximate surface area is 209 Å². The minimum absolute atomic E-state index is 0.114. The van der Waals surface area contributed by atoms with Crippen molar-refractivity contribution in [3.63, 3.8) is 0 Å². The predicted molar refractivity (Wildman–Crippen MR) is 136 cm³/mol. The lowest BCUT2D eigenvalue weighted by Gasteiger charge is -2.28. The van der Waals surface area contributed by atoms with Gasteiger partial charge in [-0.2, -0.15) is 0 Å². The van der Waals surface area contributed by atoms with E-state index in [0.717, 1.165) is 26.8 Å². The molecule has 9 heteroatoms. The number of aliphatic hydroxyl groups is 1. The summed E-state index contributed by atoms with van der Waals surface area (Å²) in [5.41, 5.74) is 3.41. The first-order chi connectivity index (χ1) is 16.3. The van der Waals surface area contributed by atoms with Crippen molar-refractivity contribution in [2.75, 3.05) is 27.2 Å². The molecule has 0 aliphatic carbocycles. The fourth-order valence-corrected chi connectivity index (χ4v) is 5.77. The molecule has 7 nitrogen and oxygen atoms in total. The second-order valence-corrected chi connectivity index (χ2v) is 10.5. The van der Waals surface area contributed by atoms with E-state index in [1.807, 2.05) is 78.9 Å². The Morgan fingerprint density at radius 1 is 1.18 bits per heavy atom. The third-order valence-corrected chi connectivity index (χ3v) is 7.79. The number of fused-ring (bicyclic) bond motifs is 3. The Balaban J connectivity index is 1.62. The number of aromatic nitrogens is 2. The summed E-state index contributed by atoms with van der Waals surface area (Å²) in [6.07, 6.45) is 0. The van der Waals surface area contributed by atoms with Crippen LogP contribution in [0.1, 0.15) is 27.0 Å². The van der Waals surface area contributed by atoms with E-state index in [1.165, 1.54) is 11.3 Å². The van der Waals surface area contributed by atoms with E-state index in [2.05, 4.69) is 20.9 Å². The molecule has 0 spiro atoms. The lowest BCUT2D eigenvalue weighted by Crippen LogP contribution is -2.36. The highest BCUT2D eigenvalue weighted by atomic mass is 79.9. The van der Waals surface area contributed by atoms with Crippen LogP contribution in [-0.4, -0.2) is 63.2 Å². The molecule has 0 saturated heterocycles. The average molecular weight is 539 g/mol. The molecule has 2 aromatic carbocycles. The number of thiazole rings is 1. The summed E-state index contributed by atoms with van der Waals surface area (Å²) in [4.78, 5) is 36.4. The molecule has 1 N–H and O–H groups in total. The van der Waals surface area contributed by atoms with E-state index in [4.69, 9.17) is 0 Å². The molecule has 0 radical (unpaired) electrons. The summed E-state index contributed by atoms with van der Waals surface area (Å²) in [5.74, 6) is -1.35. The van der Waals surface area contributed by atoms with Crippen molar-refractivity contribution in [1.29, 1.82) is 0 Å². The number of aliphatic hydroxyl groups excluding tert-OH is 1. The molecule has 5 rings (SSSR count). The number of carbonyl (C=O) groups excluding carboxylic acids is 2. The quantitative estimate of drug-likeness (QED) is 0.358. The van der Waals surface area contributed by atoms with Gasteiger partial charge in [-0.15, -0.1) is 0 Å². The Bertz CT molecular complexity index is 1470. The van der Waals surface area contributed by atoms with Crippen molar-refractivity contribution < 1.29 is 14.7 Å². The van der Waals surface area contributed by atoms with Crippen molar-refractivity contribution in [1.82, 2.24) is 19.2 Å². The van der Waals surface area contributed by atoms with Crippen LogP contribution in [0.3, 0.4) is 0 Å². The molecule has 4 aromatic rings. The molecule has 0 bridgehead atoms. The number of ketones is 1. The normalized spacial score (nSPS) is 16.6. The molecule has 2 aromatic heterocycles. The molecule has 1 amide bonds. The second-order valence-electron chi connectivity index (χ2n) is 8.58. The molecular weight excluding hydrogens is 516 g/mol. The van der Waals surface area contributed by atoms with Crippen LogP contribution >= 0.6 is 27.3 Å². The SMILES string of the molecule is Cc1c(C(=O)C2=C(O)C(=O)N(CCN(C)C)C2c2ccc(Br)cc2)sc2nc3ccccc3n12. The number of halogens is 1. The molecule has 174 valence electrons. The molecule has 34 heavy (non-hydrogen) atoms. The van der Waals surface area contributed by atoms with Gasteiger partial charge in [0.25, 0.3) is 5.91 Å². The van der Waals surface area contributed by atoms with Crippen LogP contribution in [0.2, 0.25) is 0 Å². The van der Waals surface area contributed by atoms with Gasteiger partial charge in [0.2, 0.25) is 5.78 Å². The van der Waals surface area contributed by atoms with Crippen molar-refractivity contribution in [3.05, 3.63) is 80.5 Å². The Morgan fingerprint density at radius 3 is 2.59 bits per heavy atom. The molecule has 1 atom stereocenters. The smallest absolute Gasteiger partial charge is 0.290 e. The van der Waals surface area contributed by atoms with E-state index >= 15 is 0 Å². The number of imidazole rings is 1. The van der Waals surface area contributed by atoms with Crippen LogP contribution in [0.4, 0.5) is 0 Å². The summed E-state index contributed by atoms with van der Waals surface area (Å²) in [5, 5.41) is 10.9. The lowest BCUT2D eigenvalue weighted by atomic mass is 9.95.